The number of nitrogens with one attached hydrogen (secondary N) is 3. The lowest BCUT2D eigenvalue weighted by Crippen LogP contribution is -3.14. The van der Waals surface area contributed by atoms with Crippen LogP contribution in [0, 0.1) is 12.8 Å². The lowest BCUT2D eigenvalue weighted by atomic mass is 9.90. The Morgan fingerprint density at radius 3 is 2.76 bits per heavy atom. The second-order valence-corrected chi connectivity index (χ2v) is 6.58. The summed E-state index contributed by atoms with van der Waals surface area (Å²) in [6.45, 7) is 7.30. The van der Waals surface area contributed by atoms with Crippen LogP contribution in [0.1, 0.15) is 31.9 Å². The lowest BCUT2D eigenvalue weighted by molar-refractivity contribution is -0.914. The van der Waals surface area contributed by atoms with Gasteiger partial charge in [-0.15, -0.1) is 0 Å². The summed E-state index contributed by atoms with van der Waals surface area (Å²) < 4.78 is 1.89. The first-order chi connectivity index (χ1) is 9.88. The van der Waals surface area contributed by atoms with Crippen molar-refractivity contribution in [2.24, 2.45) is 5.92 Å². The fourth-order valence-electron chi connectivity index (χ4n) is 3.61. The molecule has 1 saturated heterocycles. The number of likely N-dealkylation sites (tertiary alicyclic amines) is 1. The molecule has 21 heavy (non-hydrogen) atoms. The molecular weight excluding hydrogens is 268 g/mol. The summed E-state index contributed by atoms with van der Waals surface area (Å²) in [5.74, 6) is 0.441. The second kappa shape index (κ2) is 4.87. The summed E-state index contributed by atoms with van der Waals surface area (Å²) in [7, 11) is 2.21. The molecule has 4 atom stereocenters. The Bertz CT molecular complexity index is 785. The molecule has 0 spiro atoms. The quantitative estimate of drug-likeness (QED) is 0.681. The number of aromatic amines is 2. The molecule has 1 fully saturated rings. The first-order valence-corrected chi connectivity index (χ1v) is 7.55. The normalized spacial score (nSPS) is 29.9. The zero-order valence-electron chi connectivity index (χ0n) is 13.0. The molecule has 1 aliphatic rings. The van der Waals surface area contributed by atoms with E-state index >= 15 is 0 Å². The number of rotatable bonds is 1. The van der Waals surface area contributed by atoms with E-state index in [4.69, 9.17) is 0 Å². The van der Waals surface area contributed by atoms with Crippen molar-refractivity contribution in [3.8, 4) is 0 Å². The highest BCUT2D eigenvalue weighted by molar-refractivity contribution is 5.78. The number of H-pyrrole nitrogens is 2. The number of fused-ring (bicyclic) bond motifs is 1. The number of quaternary nitrogens is 1. The van der Waals surface area contributed by atoms with E-state index in [2.05, 4.69) is 31.0 Å². The summed E-state index contributed by atoms with van der Waals surface area (Å²) in [6, 6.07) is 2.22. The van der Waals surface area contributed by atoms with E-state index in [0.29, 0.717) is 23.0 Å². The Morgan fingerprint density at radius 2 is 2.05 bits per heavy atom. The molecule has 1 unspecified atom stereocenters. The Labute approximate surface area is 122 Å². The maximum absolute atomic E-state index is 12.2. The first kappa shape index (κ1) is 14.1. The molecule has 6 nitrogen and oxygen atoms in total. The number of nitrogens with zero attached hydrogens (tertiary/aromatic N) is 1. The minimum absolute atomic E-state index is 0.120. The molecule has 3 rings (SSSR count). The molecule has 6 heteroatoms. The van der Waals surface area contributed by atoms with E-state index < -0.39 is 0 Å². The van der Waals surface area contributed by atoms with Gasteiger partial charge in [0.1, 0.15) is 5.65 Å². The summed E-state index contributed by atoms with van der Waals surface area (Å²) in [4.78, 5) is 28.3. The summed E-state index contributed by atoms with van der Waals surface area (Å²) in [5, 5.41) is 3.54. The van der Waals surface area contributed by atoms with Crippen LogP contribution in [-0.4, -0.2) is 34.4 Å². The molecule has 0 bridgehead atoms. The highest BCUT2D eigenvalue weighted by Gasteiger charge is 2.34. The molecule has 0 amide bonds. The number of aryl methyl sites for hydroxylation is 1. The fourth-order valence-corrected chi connectivity index (χ4v) is 3.61. The topological polar surface area (TPSA) is 75.1 Å². The van der Waals surface area contributed by atoms with E-state index in [1.54, 1.807) is 0 Å². The minimum Gasteiger partial charge on any atom is -0.335 e. The highest BCUT2D eigenvalue weighted by atomic mass is 16.1. The predicted molar refractivity (Wildman–Crippen MR) is 82.0 cm³/mol. The van der Waals surface area contributed by atoms with Crippen LogP contribution in [0.3, 0.4) is 0 Å². The van der Waals surface area contributed by atoms with Crippen molar-refractivity contribution in [2.45, 2.75) is 39.3 Å². The van der Waals surface area contributed by atoms with Crippen molar-refractivity contribution in [3.05, 3.63) is 32.3 Å². The van der Waals surface area contributed by atoms with E-state index in [9.17, 15) is 9.59 Å². The third-order valence-corrected chi connectivity index (χ3v) is 4.98. The highest BCUT2D eigenvalue weighted by Crippen LogP contribution is 2.26. The van der Waals surface area contributed by atoms with Crippen LogP contribution in [0.15, 0.2) is 15.7 Å². The third-order valence-electron chi connectivity index (χ3n) is 4.98. The summed E-state index contributed by atoms with van der Waals surface area (Å²) in [5.41, 5.74) is 1.08. The van der Waals surface area contributed by atoms with E-state index in [-0.39, 0.29) is 17.2 Å². The maximum Gasteiger partial charge on any atom is 0.273 e. The lowest BCUT2D eigenvalue weighted by Gasteiger charge is -2.37. The van der Waals surface area contributed by atoms with Gasteiger partial charge in [0.25, 0.3) is 5.56 Å². The molecular formula is C15H23N4O2+. The van der Waals surface area contributed by atoms with Crippen LogP contribution in [0.5, 0.6) is 0 Å². The Morgan fingerprint density at radius 1 is 1.33 bits per heavy atom. The molecule has 0 radical (unpaired) electrons. The van der Waals surface area contributed by atoms with Gasteiger partial charge in [-0.25, -0.2) is 0 Å². The maximum atomic E-state index is 12.2. The van der Waals surface area contributed by atoms with Gasteiger partial charge in [0.15, 0.2) is 0 Å². The van der Waals surface area contributed by atoms with Gasteiger partial charge in [0.2, 0.25) is 5.56 Å². The number of aromatic nitrogens is 3. The van der Waals surface area contributed by atoms with Crippen LogP contribution in [0.4, 0.5) is 0 Å². The monoisotopic (exact) mass is 291 g/mol. The zero-order valence-corrected chi connectivity index (χ0v) is 13.0. The average Bonchev–Trinajstić information content (AvgIpc) is 2.71. The average molecular weight is 291 g/mol. The van der Waals surface area contributed by atoms with Crippen molar-refractivity contribution < 1.29 is 4.90 Å². The molecule has 0 saturated carbocycles. The SMILES string of the molecule is Cc1cc(=O)[nH]c2c1c(=O)[nH]n2[C@H]1C[C@@H](C)[NH+](C)C[C@@H]1C. The Kier molecular flexibility index (Phi) is 3.28. The molecule has 114 valence electrons. The van der Waals surface area contributed by atoms with Gasteiger partial charge in [0.05, 0.1) is 31.1 Å². The Hall–Kier alpha value is -1.82. The van der Waals surface area contributed by atoms with Gasteiger partial charge < -0.3 is 9.88 Å². The first-order valence-electron chi connectivity index (χ1n) is 7.55. The van der Waals surface area contributed by atoms with Gasteiger partial charge >= 0.3 is 0 Å². The van der Waals surface area contributed by atoms with Gasteiger partial charge in [-0.1, -0.05) is 6.92 Å². The number of piperidine rings is 1. The molecule has 1 aliphatic heterocycles. The van der Waals surface area contributed by atoms with Crippen molar-refractivity contribution in [1.82, 2.24) is 14.8 Å². The molecule has 0 aliphatic carbocycles. The van der Waals surface area contributed by atoms with Crippen LogP contribution < -0.4 is 16.0 Å². The zero-order chi connectivity index (χ0) is 15.3. The number of pyridine rings is 1. The molecule has 3 heterocycles. The van der Waals surface area contributed by atoms with Crippen LogP contribution in [0.2, 0.25) is 0 Å². The predicted octanol–water partition coefficient (Wildman–Crippen LogP) is -0.190. The molecule has 3 N–H and O–H groups in total. The number of hydrogen-bond acceptors (Lipinski definition) is 2. The van der Waals surface area contributed by atoms with E-state index in [1.165, 1.54) is 11.0 Å². The van der Waals surface area contributed by atoms with Crippen molar-refractivity contribution in [3.63, 3.8) is 0 Å². The van der Waals surface area contributed by atoms with Crippen LogP contribution in [0.25, 0.3) is 11.0 Å². The molecule has 2 aromatic heterocycles. The second-order valence-electron chi connectivity index (χ2n) is 6.58. The third kappa shape index (κ3) is 2.23. The molecule has 2 aromatic rings. The van der Waals surface area contributed by atoms with Crippen LogP contribution >= 0.6 is 0 Å². The fraction of sp³-hybridized carbons (Fsp3) is 0.600. The van der Waals surface area contributed by atoms with Crippen molar-refractivity contribution in [2.75, 3.05) is 13.6 Å². The van der Waals surface area contributed by atoms with Gasteiger partial charge in [-0.05, 0) is 19.4 Å². The Balaban J connectivity index is 2.17. The van der Waals surface area contributed by atoms with Crippen molar-refractivity contribution in [1.29, 1.82) is 0 Å². The van der Waals surface area contributed by atoms with E-state index in [0.717, 1.165) is 18.5 Å². The van der Waals surface area contributed by atoms with Gasteiger partial charge in [-0.2, -0.15) is 0 Å². The standard InChI is InChI=1S/C15H22N4O2/c1-8-5-12(20)16-14-13(8)15(21)17-19(14)11-6-10(3)18(4)7-9(11)2/h5,9-11H,6-7H2,1-4H3,(H,16,20)(H,17,21)/p+1/t9-,10+,11-/m0/s1. The van der Waals surface area contributed by atoms with Gasteiger partial charge in [0, 0.05) is 18.4 Å². The largest absolute Gasteiger partial charge is 0.335 e. The number of hydrogen-bond donors (Lipinski definition) is 3. The summed E-state index contributed by atoms with van der Waals surface area (Å²) >= 11 is 0. The van der Waals surface area contributed by atoms with Gasteiger partial charge in [-0.3, -0.25) is 19.4 Å². The van der Waals surface area contributed by atoms with E-state index in [1.807, 2.05) is 11.6 Å². The minimum atomic E-state index is -0.160. The smallest absolute Gasteiger partial charge is 0.273 e. The van der Waals surface area contributed by atoms with Crippen molar-refractivity contribution >= 4 is 11.0 Å². The molecule has 0 aromatic carbocycles. The summed E-state index contributed by atoms with van der Waals surface area (Å²) in [6.07, 6.45) is 0.989. The van der Waals surface area contributed by atoms with Crippen LogP contribution in [-0.2, 0) is 0 Å².